The van der Waals surface area contributed by atoms with Crippen LogP contribution in [0.2, 0.25) is 0 Å². The molecule has 2 aliphatic rings. The molecule has 1 aliphatic heterocycles. The van der Waals surface area contributed by atoms with Gasteiger partial charge in [0.1, 0.15) is 0 Å². The maximum Gasteiger partial charge on any atom is 0.0551 e. The average Bonchev–Trinajstić information content (AvgIpc) is 2.73. The second-order valence-electron chi connectivity index (χ2n) is 4.75. The van der Waals surface area contributed by atoms with Gasteiger partial charge in [-0.15, -0.1) is 0 Å². The van der Waals surface area contributed by atoms with E-state index in [1.54, 1.807) is 0 Å². The van der Waals surface area contributed by atoms with E-state index in [4.69, 9.17) is 0 Å². The zero-order chi connectivity index (χ0) is 11.0. The molecule has 1 atom stereocenters. The summed E-state index contributed by atoms with van der Waals surface area (Å²) in [5.41, 5.74) is 5.59. The van der Waals surface area contributed by atoms with E-state index in [0.29, 0.717) is 6.04 Å². The first-order chi connectivity index (χ1) is 7.83. The Labute approximate surface area is 96.9 Å². The van der Waals surface area contributed by atoms with Crippen molar-refractivity contribution in [1.82, 2.24) is 0 Å². The van der Waals surface area contributed by atoms with Gasteiger partial charge < -0.3 is 5.32 Å². The van der Waals surface area contributed by atoms with Crippen molar-refractivity contribution < 1.29 is 0 Å². The van der Waals surface area contributed by atoms with Crippen LogP contribution < -0.4 is 5.32 Å². The second kappa shape index (κ2) is 3.82. The number of anilines is 1. The summed E-state index contributed by atoms with van der Waals surface area (Å²) >= 11 is 0. The van der Waals surface area contributed by atoms with Crippen molar-refractivity contribution in [3.8, 4) is 0 Å². The van der Waals surface area contributed by atoms with Crippen molar-refractivity contribution in [2.75, 3.05) is 5.32 Å². The van der Waals surface area contributed by atoms with Gasteiger partial charge in [0.25, 0.3) is 0 Å². The Hall–Kier alpha value is -1.50. The van der Waals surface area contributed by atoms with Crippen LogP contribution >= 0.6 is 0 Å². The van der Waals surface area contributed by atoms with Crippen LogP contribution in [0.15, 0.2) is 42.0 Å². The second-order valence-corrected chi connectivity index (χ2v) is 4.75. The van der Waals surface area contributed by atoms with Crippen LogP contribution in [0, 0.1) is 6.92 Å². The maximum absolute atomic E-state index is 3.61. The Morgan fingerprint density at radius 3 is 3.00 bits per heavy atom. The zero-order valence-electron chi connectivity index (χ0n) is 9.66. The van der Waals surface area contributed by atoms with Gasteiger partial charge in [-0.3, -0.25) is 0 Å². The number of benzene rings is 1. The highest BCUT2D eigenvalue weighted by atomic mass is 14.9. The van der Waals surface area contributed by atoms with E-state index in [1.165, 1.54) is 35.2 Å². The summed E-state index contributed by atoms with van der Waals surface area (Å²) < 4.78 is 0. The largest absolute Gasteiger partial charge is 0.378 e. The molecule has 1 unspecified atom stereocenters. The number of hydrogen-bond acceptors (Lipinski definition) is 1. The maximum atomic E-state index is 3.61. The summed E-state index contributed by atoms with van der Waals surface area (Å²) in [6.07, 6.45) is 10.5. The minimum atomic E-state index is 0.494. The predicted octanol–water partition coefficient (Wildman–Crippen LogP) is 3.61. The third-order valence-electron chi connectivity index (χ3n) is 3.44. The molecule has 0 amide bonds. The van der Waals surface area contributed by atoms with Gasteiger partial charge in [-0.2, -0.15) is 0 Å². The molecular formula is C15H17N. The molecule has 1 aromatic rings. The van der Waals surface area contributed by atoms with Crippen LogP contribution in [0.4, 0.5) is 5.69 Å². The van der Waals surface area contributed by atoms with E-state index < -0.39 is 0 Å². The van der Waals surface area contributed by atoms with Crippen LogP contribution in [-0.2, 0) is 6.42 Å². The van der Waals surface area contributed by atoms with Crippen molar-refractivity contribution in [3.63, 3.8) is 0 Å². The van der Waals surface area contributed by atoms with Crippen molar-refractivity contribution in [2.45, 2.75) is 32.2 Å². The lowest BCUT2D eigenvalue weighted by molar-refractivity contribution is 0.859. The molecule has 0 bridgehead atoms. The molecule has 0 spiro atoms. The normalized spacial score (nSPS) is 22.6. The number of allylic oxidation sites excluding steroid dienone is 2. The molecule has 1 nitrogen and oxygen atoms in total. The third-order valence-corrected chi connectivity index (χ3v) is 3.44. The van der Waals surface area contributed by atoms with E-state index in [-0.39, 0.29) is 0 Å². The lowest BCUT2D eigenvalue weighted by Gasteiger charge is -2.15. The van der Waals surface area contributed by atoms with E-state index in [9.17, 15) is 0 Å². The topological polar surface area (TPSA) is 12.0 Å². The summed E-state index contributed by atoms with van der Waals surface area (Å²) in [5.74, 6) is 0. The van der Waals surface area contributed by atoms with Crippen molar-refractivity contribution in [1.29, 1.82) is 0 Å². The molecule has 82 valence electrons. The molecule has 0 radical (unpaired) electrons. The molecule has 0 saturated carbocycles. The predicted molar refractivity (Wildman–Crippen MR) is 68.8 cm³/mol. The highest BCUT2D eigenvalue weighted by molar-refractivity contribution is 5.60. The molecule has 0 saturated heterocycles. The van der Waals surface area contributed by atoms with Crippen LogP contribution in [0.25, 0.3) is 0 Å². The SMILES string of the molecule is Cc1ccc2c(c1)CC(C1=CCCC=C1)N2. The molecule has 0 fully saturated rings. The summed E-state index contributed by atoms with van der Waals surface area (Å²) in [6, 6.07) is 7.18. The van der Waals surface area contributed by atoms with Crippen LogP contribution in [0.1, 0.15) is 24.0 Å². The molecule has 0 aromatic heterocycles. The molecule has 1 aliphatic carbocycles. The smallest absolute Gasteiger partial charge is 0.0551 e. The van der Waals surface area contributed by atoms with Gasteiger partial charge in [0.05, 0.1) is 6.04 Å². The highest BCUT2D eigenvalue weighted by Crippen LogP contribution is 2.31. The lowest BCUT2D eigenvalue weighted by atomic mass is 9.97. The zero-order valence-corrected chi connectivity index (χ0v) is 9.66. The Balaban J connectivity index is 1.85. The van der Waals surface area contributed by atoms with Crippen molar-refractivity contribution in [3.05, 3.63) is 53.1 Å². The summed E-state index contributed by atoms with van der Waals surface area (Å²) in [5, 5.41) is 3.61. The van der Waals surface area contributed by atoms with E-state index >= 15 is 0 Å². The number of fused-ring (bicyclic) bond motifs is 1. The lowest BCUT2D eigenvalue weighted by Crippen LogP contribution is -2.18. The average molecular weight is 211 g/mol. The number of nitrogens with one attached hydrogen (secondary N) is 1. The van der Waals surface area contributed by atoms with Crippen LogP contribution in [-0.4, -0.2) is 6.04 Å². The summed E-state index contributed by atoms with van der Waals surface area (Å²) in [4.78, 5) is 0. The molecule has 1 heterocycles. The van der Waals surface area contributed by atoms with Gasteiger partial charge in [-0.25, -0.2) is 0 Å². The van der Waals surface area contributed by atoms with Gasteiger partial charge in [0, 0.05) is 5.69 Å². The number of aryl methyl sites for hydroxylation is 1. The fourth-order valence-electron chi connectivity index (χ4n) is 2.58. The molecule has 3 rings (SSSR count). The Morgan fingerprint density at radius 1 is 1.25 bits per heavy atom. The minimum absolute atomic E-state index is 0.494. The van der Waals surface area contributed by atoms with Gasteiger partial charge >= 0.3 is 0 Å². The first-order valence-corrected chi connectivity index (χ1v) is 6.05. The van der Waals surface area contributed by atoms with E-state index in [1.807, 2.05) is 0 Å². The Morgan fingerprint density at radius 2 is 2.19 bits per heavy atom. The number of hydrogen-bond donors (Lipinski definition) is 1. The quantitative estimate of drug-likeness (QED) is 0.748. The highest BCUT2D eigenvalue weighted by Gasteiger charge is 2.22. The fourth-order valence-corrected chi connectivity index (χ4v) is 2.58. The van der Waals surface area contributed by atoms with Crippen LogP contribution in [0.3, 0.4) is 0 Å². The molecule has 1 aromatic carbocycles. The van der Waals surface area contributed by atoms with Gasteiger partial charge in [-0.1, -0.05) is 35.9 Å². The Bertz CT molecular complexity index is 468. The van der Waals surface area contributed by atoms with Crippen molar-refractivity contribution >= 4 is 5.69 Å². The molecule has 1 heteroatoms. The number of rotatable bonds is 1. The molecule has 16 heavy (non-hydrogen) atoms. The van der Waals surface area contributed by atoms with Gasteiger partial charge in [-0.05, 0) is 43.4 Å². The van der Waals surface area contributed by atoms with E-state index in [2.05, 4.69) is 48.7 Å². The van der Waals surface area contributed by atoms with E-state index in [0.717, 1.165) is 6.42 Å². The summed E-state index contributed by atoms with van der Waals surface area (Å²) in [7, 11) is 0. The monoisotopic (exact) mass is 211 g/mol. The van der Waals surface area contributed by atoms with Crippen LogP contribution in [0.5, 0.6) is 0 Å². The molecule has 1 N–H and O–H groups in total. The van der Waals surface area contributed by atoms with Gasteiger partial charge in [0.15, 0.2) is 0 Å². The molecular weight excluding hydrogens is 194 g/mol. The third kappa shape index (κ3) is 1.67. The van der Waals surface area contributed by atoms with Crippen molar-refractivity contribution in [2.24, 2.45) is 0 Å². The first-order valence-electron chi connectivity index (χ1n) is 6.05. The Kier molecular flexibility index (Phi) is 2.32. The fraction of sp³-hybridized carbons (Fsp3) is 0.333. The minimum Gasteiger partial charge on any atom is -0.378 e. The summed E-state index contributed by atoms with van der Waals surface area (Å²) in [6.45, 7) is 2.16. The first kappa shape index (κ1) is 9.71. The standard InChI is InChI=1S/C15H17N/c1-11-7-8-14-13(9-11)10-15(16-14)12-5-3-2-4-6-12/h3,5-9,15-16H,2,4,10H2,1H3. The van der Waals surface area contributed by atoms with Gasteiger partial charge in [0.2, 0.25) is 0 Å².